The Labute approximate surface area is 89.7 Å². The zero-order chi connectivity index (χ0) is 9.84. The molecule has 1 rings (SSSR count). The van der Waals surface area contributed by atoms with Crippen molar-refractivity contribution in [3.8, 4) is 0 Å². The van der Waals surface area contributed by atoms with E-state index in [0.717, 1.165) is 4.47 Å². The van der Waals surface area contributed by atoms with Crippen molar-refractivity contribution in [3.63, 3.8) is 0 Å². The van der Waals surface area contributed by atoms with Crippen molar-refractivity contribution >= 4 is 39.1 Å². The van der Waals surface area contributed by atoms with Gasteiger partial charge in [-0.15, -0.1) is 0 Å². The summed E-state index contributed by atoms with van der Waals surface area (Å²) in [5, 5.41) is 3.18. The predicted molar refractivity (Wildman–Crippen MR) is 58.0 cm³/mol. The Morgan fingerprint density at radius 2 is 2.31 bits per heavy atom. The van der Waals surface area contributed by atoms with Crippen LogP contribution in [0.3, 0.4) is 0 Å². The molecule has 0 heterocycles. The summed E-state index contributed by atoms with van der Waals surface area (Å²) in [7, 11) is 0. The van der Waals surface area contributed by atoms with Gasteiger partial charge in [-0.25, -0.2) is 0 Å². The molecule has 13 heavy (non-hydrogen) atoms. The van der Waals surface area contributed by atoms with Crippen molar-refractivity contribution < 1.29 is 4.79 Å². The third kappa shape index (κ3) is 2.86. The first-order chi connectivity index (χ1) is 6.13. The van der Waals surface area contributed by atoms with Crippen LogP contribution < -0.4 is 5.32 Å². The lowest BCUT2D eigenvalue weighted by molar-refractivity contribution is -0.111. The average Bonchev–Trinajstić information content (AvgIpc) is 2.11. The van der Waals surface area contributed by atoms with Crippen LogP contribution in [0.25, 0.3) is 0 Å². The molecule has 0 aliphatic rings. The molecule has 0 unspecified atom stereocenters. The van der Waals surface area contributed by atoms with Crippen LogP contribution in [-0.4, -0.2) is 5.91 Å². The van der Waals surface area contributed by atoms with Gasteiger partial charge in [0.05, 0.1) is 5.69 Å². The minimum Gasteiger partial charge on any atom is -0.321 e. The second-order valence-corrected chi connectivity index (χ2v) is 3.61. The molecular weight excluding hydrogens is 253 g/mol. The van der Waals surface area contributed by atoms with E-state index in [1.54, 1.807) is 18.2 Å². The van der Waals surface area contributed by atoms with Gasteiger partial charge >= 0.3 is 0 Å². The molecule has 0 aromatic heterocycles. The standard InChI is InChI=1S/C9H7BrClNO/c1-2-9(13)12-8-5-6(11)3-4-7(8)10/h2-5H,1H2,(H,12,13). The third-order valence-corrected chi connectivity index (χ3v) is 2.30. The maximum atomic E-state index is 11.0. The van der Waals surface area contributed by atoms with Crippen LogP contribution in [0, 0.1) is 0 Å². The highest BCUT2D eigenvalue weighted by atomic mass is 79.9. The van der Waals surface area contributed by atoms with Crippen molar-refractivity contribution in [2.75, 3.05) is 5.32 Å². The summed E-state index contributed by atoms with van der Waals surface area (Å²) in [6.07, 6.45) is 1.20. The van der Waals surface area contributed by atoms with E-state index in [-0.39, 0.29) is 5.91 Å². The molecule has 1 N–H and O–H groups in total. The van der Waals surface area contributed by atoms with Crippen molar-refractivity contribution in [3.05, 3.63) is 40.3 Å². The fourth-order valence-corrected chi connectivity index (χ4v) is 1.29. The first-order valence-electron chi connectivity index (χ1n) is 3.52. The molecule has 0 spiro atoms. The van der Waals surface area contributed by atoms with E-state index in [9.17, 15) is 4.79 Å². The van der Waals surface area contributed by atoms with Gasteiger partial charge in [0.2, 0.25) is 5.91 Å². The molecule has 0 bridgehead atoms. The van der Waals surface area contributed by atoms with Gasteiger partial charge in [-0.2, -0.15) is 0 Å². The molecule has 0 saturated carbocycles. The van der Waals surface area contributed by atoms with Gasteiger partial charge in [0, 0.05) is 9.50 Å². The van der Waals surface area contributed by atoms with Crippen LogP contribution >= 0.6 is 27.5 Å². The fraction of sp³-hybridized carbons (Fsp3) is 0. The van der Waals surface area contributed by atoms with Gasteiger partial charge in [0.1, 0.15) is 0 Å². The Morgan fingerprint density at radius 1 is 1.62 bits per heavy atom. The lowest BCUT2D eigenvalue weighted by atomic mass is 10.3. The Bertz CT molecular complexity index is 351. The molecule has 1 aromatic carbocycles. The minimum absolute atomic E-state index is 0.261. The number of carbonyl (C=O) groups is 1. The van der Waals surface area contributed by atoms with E-state index in [1.165, 1.54) is 6.08 Å². The zero-order valence-electron chi connectivity index (χ0n) is 6.68. The Kier molecular flexibility index (Phi) is 3.51. The normalized spacial score (nSPS) is 9.38. The van der Waals surface area contributed by atoms with Crippen LogP contribution in [0.1, 0.15) is 0 Å². The highest BCUT2D eigenvalue weighted by Gasteiger charge is 2.02. The van der Waals surface area contributed by atoms with E-state index in [2.05, 4.69) is 27.8 Å². The van der Waals surface area contributed by atoms with Gasteiger partial charge in [0.15, 0.2) is 0 Å². The van der Waals surface area contributed by atoms with E-state index in [4.69, 9.17) is 11.6 Å². The monoisotopic (exact) mass is 259 g/mol. The molecule has 0 aliphatic carbocycles. The quantitative estimate of drug-likeness (QED) is 0.813. The van der Waals surface area contributed by atoms with Crippen LogP contribution in [0.15, 0.2) is 35.3 Å². The van der Waals surface area contributed by atoms with Gasteiger partial charge in [0.25, 0.3) is 0 Å². The molecule has 2 nitrogen and oxygen atoms in total. The molecular formula is C9H7BrClNO. The van der Waals surface area contributed by atoms with E-state index >= 15 is 0 Å². The van der Waals surface area contributed by atoms with Crippen molar-refractivity contribution in [2.24, 2.45) is 0 Å². The molecule has 0 radical (unpaired) electrons. The molecule has 0 atom stereocenters. The molecule has 0 saturated heterocycles. The number of anilines is 1. The largest absolute Gasteiger partial charge is 0.321 e. The summed E-state index contributed by atoms with van der Waals surface area (Å²) in [6, 6.07) is 5.16. The number of carbonyl (C=O) groups excluding carboxylic acids is 1. The van der Waals surface area contributed by atoms with Crippen molar-refractivity contribution in [1.82, 2.24) is 0 Å². The molecule has 4 heteroatoms. The van der Waals surface area contributed by atoms with Crippen LogP contribution in [0.5, 0.6) is 0 Å². The minimum atomic E-state index is -0.261. The summed E-state index contributed by atoms with van der Waals surface area (Å²) in [6.45, 7) is 3.35. The number of nitrogens with one attached hydrogen (secondary N) is 1. The molecule has 68 valence electrons. The van der Waals surface area contributed by atoms with E-state index in [1.807, 2.05) is 0 Å². The number of halogens is 2. The number of hydrogen-bond donors (Lipinski definition) is 1. The van der Waals surface area contributed by atoms with Crippen molar-refractivity contribution in [2.45, 2.75) is 0 Å². The predicted octanol–water partition coefficient (Wildman–Crippen LogP) is 3.23. The van der Waals surface area contributed by atoms with Crippen LogP contribution in [0.4, 0.5) is 5.69 Å². The maximum absolute atomic E-state index is 11.0. The van der Waals surface area contributed by atoms with Gasteiger partial charge < -0.3 is 5.32 Å². The molecule has 0 fully saturated rings. The summed E-state index contributed by atoms with van der Waals surface area (Å²) in [5.41, 5.74) is 0.636. The first-order valence-corrected chi connectivity index (χ1v) is 4.69. The number of hydrogen-bond acceptors (Lipinski definition) is 1. The van der Waals surface area contributed by atoms with Gasteiger partial charge in [-0.3, -0.25) is 4.79 Å². The number of amides is 1. The van der Waals surface area contributed by atoms with Gasteiger partial charge in [-0.05, 0) is 40.2 Å². The molecule has 1 aromatic rings. The third-order valence-electron chi connectivity index (χ3n) is 1.37. The smallest absolute Gasteiger partial charge is 0.247 e. The highest BCUT2D eigenvalue weighted by Crippen LogP contribution is 2.25. The summed E-state index contributed by atoms with van der Waals surface area (Å²) in [4.78, 5) is 11.0. The second kappa shape index (κ2) is 4.44. The van der Waals surface area contributed by atoms with Gasteiger partial charge in [-0.1, -0.05) is 18.2 Å². The molecule has 1 amide bonds. The lowest BCUT2D eigenvalue weighted by Gasteiger charge is -2.04. The molecule has 0 aliphatic heterocycles. The number of rotatable bonds is 2. The summed E-state index contributed by atoms with van der Waals surface area (Å²) < 4.78 is 0.784. The number of benzene rings is 1. The van der Waals surface area contributed by atoms with Crippen LogP contribution in [-0.2, 0) is 4.79 Å². The van der Waals surface area contributed by atoms with Crippen LogP contribution in [0.2, 0.25) is 5.02 Å². The average molecular weight is 261 g/mol. The highest BCUT2D eigenvalue weighted by molar-refractivity contribution is 9.10. The topological polar surface area (TPSA) is 29.1 Å². The Hall–Kier alpha value is -0.800. The first kappa shape index (κ1) is 10.3. The van der Waals surface area contributed by atoms with E-state index in [0.29, 0.717) is 10.7 Å². The Morgan fingerprint density at radius 3 is 2.92 bits per heavy atom. The maximum Gasteiger partial charge on any atom is 0.247 e. The Balaban J connectivity index is 2.93. The summed E-state index contributed by atoms with van der Waals surface area (Å²) >= 11 is 9.03. The van der Waals surface area contributed by atoms with E-state index < -0.39 is 0 Å². The lowest BCUT2D eigenvalue weighted by Crippen LogP contribution is -2.07. The SMILES string of the molecule is C=CC(=O)Nc1cc(Cl)ccc1Br. The summed E-state index contributed by atoms with van der Waals surface area (Å²) in [5.74, 6) is -0.261. The fourth-order valence-electron chi connectivity index (χ4n) is 0.777. The zero-order valence-corrected chi connectivity index (χ0v) is 9.02. The van der Waals surface area contributed by atoms with Crippen molar-refractivity contribution in [1.29, 1.82) is 0 Å². The second-order valence-electron chi connectivity index (χ2n) is 2.32.